The monoisotopic (exact) mass is 354 g/mol. The summed E-state index contributed by atoms with van der Waals surface area (Å²) in [7, 11) is 0. The molecule has 2 aromatic carbocycles. The van der Waals surface area contributed by atoms with Crippen molar-refractivity contribution >= 4 is 11.9 Å². The summed E-state index contributed by atoms with van der Waals surface area (Å²) in [6.07, 6.45) is 0.295. The molecule has 0 amide bonds. The second-order valence-electron chi connectivity index (χ2n) is 6.22. The number of esters is 2. The Hall–Kier alpha value is -2.70. The van der Waals surface area contributed by atoms with Crippen molar-refractivity contribution in [3.8, 4) is 5.75 Å². The summed E-state index contributed by atoms with van der Waals surface area (Å²) < 4.78 is 21.9. The van der Waals surface area contributed by atoms with E-state index >= 15 is 0 Å². The number of hydrogen-bond acceptors (Lipinski definition) is 6. The standard InChI is InChI=1S/C20H18O6/c21-19(13-4-2-1-3-5-13)25-15-8-6-14(7-9-15)20(22)26-17-12-24-16-10-11-23-18(16)17/h1-9,16-18H,10-12H2/t16?,17-,18?/m1/s1. The Kier molecular flexibility index (Phi) is 4.69. The van der Waals surface area contributed by atoms with Crippen LogP contribution >= 0.6 is 0 Å². The molecule has 0 radical (unpaired) electrons. The third-order valence-electron chi connectivity index (χ3n) is 4.49. The van der Waals surface area contributed by atoms with Gasteiger partial charge in [-0.05, 0) is 42.8 Å². The van der Waals surface area contributed by atoms with Crippen LogP contribution in [0.5, 0.6) is 5.75 Å². The Balaban J connectivity index is 1.36. The fourth-order valence-corrected chi connectivity index (χ4v) is 3.14. The molecule has 0 saturated carbocycles. The minimum atomic E-state index is -0.451. The third-order valence-corrected chi connectivity index (χ3v) is 4.49. The van der Waals surface area contributed by atoms with Crippen molar-refractivity contribution in [3.05, 3.63) is 65.7 Å². The first-order valence-electron chi connectivity index (χ1n) is 8.52. The summed E-state index contributed by atoms with van der Waals surface area (Å²) in [5, 5.41) is 0. The average molecular weight is 354 g/mol. The molecule has 2 fully saturated rings. The van der Waals surface area contributed by atoms with Gasteiger partial charge in [-0.2, -0.15) is 0 Å². The smallest absolute Gasteiger partial charge is 0.343 e. The van der Waals surface area contributed by atoms with E-state index in [0.29, 0.717) is 30.1 Å². The number of hydrogen-bond donors (Lipinski definition) is 0. The van der Waals surface area contributed by atoms with Crippen LogP contribution in [0.15, 0.2) is 54.6 Å². The van der Waals surface area contributed by atoms with Crippen LogP contribution in [-0.2, 0) is 14.2 Å². The molecule has 6 nitrogen and oxygen atoms in total. The largest absolute Gasteiger partial charge is 0.453 e. The van der Waals surface area contributed by atoms with Crippen LogP contribution in [0.1, 0.15) is 27.1 Å². The van der Waals surface area contributed by atoms with E-state index < -0.39 is 11.9 Å². The second-order valence-corrected chi connectivity index (χ2v) is 6.22. The number of rotatable bonds is 4. The highest BCUT2D eigenvalue weighted by Crippen LogP contribution is 2.29. The molecule has 3 atom stereocenters. The lowest BCUT2D eigenvalue weighted by molar-refractivity contribution is -0.0148. The van der Waals surface area contributed by atoms with Crippen molar-refractivity contribution in [2.75, 3.05) is 13.2 Å². The molecular formula is C20H18O6. The van der Waals surface area contributed by atoms with Crippen molar-refractivity contribution < 1.29 is 28.5 Å². The fourth-order valence-electron chi connectivity index (χ4n) is 3.14. The summed E-state index contributed by atoms with van der Waals surface area (Å²) in [5.74, 6) is -0.539. The Morgan fingerprint density at radius 3 is 2.38 bits per heavy atom. The quantitative estimate of drug-likeness (QED) is 0.621. The van der Waals surface area contributed by atoms with Crippen molar-refractivity contribution in [1.29, 1.82) is 0 Å². The predicted molar refractivity (Wildman–Crippen MR) is 91.1 cm³/mol. The maximum Gasteiger partial charge on any atom is 0.343 e. The van der Waals surface area contributed by atoms with Crippen LogP contribution in [0, 0.1) is 0 Å². The highest BCUT2D eigenvalue weighted by molar-refractivity contribution is 5.92. The lowest BCUT2D eigenvalue weighted by Crippen LogP contribution is -2.32. The Bertz CT molecular complexity index is 786. The van der Waals surface area contributed by atoms with Gasteiger partial charge >= 0.3 is 11.9 Å². The Morgan fingerprint density at radius 1 is 0.885 bits per heavy atom. The van der Waals surface area contributed by atoms with E-state index in [1.165, 1.54) is 0 Å². The van der Waals surface area contributed by atoms with Gasteiger partial charge in [0, 0.05) is 6.61 Å². The van der Waals surface area contributed by atoms with E-state index in [0.717, 1.165) is 6.42 Å². The molecule has 26 heavy (non-hydrogen) atoms. The van der Waals surface area contributed by atoms with Gasteiger partial charge < -0.3 is 18.9 Å². The van der Waals surface area contributed by atoms with E-state index in [2.05, 4.69) is 0 Å². The lowest BCUT2D eigenvalue weighted by Gasteiger charge is -2.16. The minimum Gasteiger partial charge on any atom is -0.453 e. The van der Waals surface area contributed by atoms with E-state index in [4.69, 9.17) is 18.9 Å². The van der Waals surface area contributed by atoms with E-state index in [1.807, 2.05) is 6.07 Å². The van der Waals surface area contributed by atoms with Gasteiger partial charge in [-0.3, -0.25) is 0 Å². The molecule has 0 aromatic heterocycles. The predicted octanol–water partition coefficient (Wildman–Crippen LogP) is 2.62. The summed E-state index contributed by atoms with van der Waals surface area (Å²) in [6, 6.07) is 15.0. The Labute approximate surface area is 150 Å². The van der Waals surface area contributed by atoms with Gasteiger partial charge in [-0.15, -0.1) is 0 Å². The first-order chi connectivity index (χ1) is 12.7. The van der Waals surface area contributed by atoms with Crippen LogP contribution < -0.4 is 4.74 Å². The number of benzene rings is 2. The van der Waals surface area contributed by atoms with Gasteiger partial charge in [0.15, 0.2) is 6.10 Å². The summed E-state index contributed by atoms with van der Waals surface area (Å²) in [6.45, 7) is 0.985. The number of fused-ring (bicyclic) bond motifs is 1. The maximum absolute atomic E-state index is 12.3. The molecule has 2 saturated heterocycles. The summed E-state index contributed by atoms with van der Waals surface area (Å²) in [4.78, 5) is 24.3. The van der Waals surface area contributed by atoms with Crippen molar-refractivity contribution in [3.63, 3.8) is 0 Å². The first kappa shape index (κ1) is 16.8. The van der Waals surface area contributed by atoms with Gasteiger partial charge in [0.2, 0.25) is 0 Å². The van der Waals surface area contributed by atoms with Crippen LogP contribution in [0.2, 0.25) is 0 Å². The molecule has 2 aliphatic rings. The molecule has 0 aliphatic carbocycles. The molecule has 134 valence electrons. The molecular weight excluding hydrogens is 336 g/mol. The number of carbonyl (C=O) groups is 2. The van der Waals surface area contributed by atoms with Crippen LogP contribution in [0.25, 0.3) is 0 Å². The van der Waals surface area contributed by atoms with Crippen molar-refractivity contribution in [2.24, 2.45) is 0 Å². The lowest BCUT2D eigenvalue weighted by atomic mass is 10.1. The highest BCUT2D eigenvalue weighted by Gasteiger charge is 2.44. The molecule has 2 heterocycles. The van der Waals surface area contributed by atoms with Crippen LogP contribution in [-0.4, -0.2) is 43.5 Å². The van der Waals surface area contributed by atoms with Gasteiger partial charge in [0.25, 0.3) is 0 Å². The maximum atomic E-state index is 12.3. The third kappa shape index (κ3) is 3.47. The van der Waals surface area contributed by atoms with E-state index in [-0.39, 0.29) is 18.3 Å². The van der Waals surface area contributed by atoms with Crippen LogP contribution in [0.4, 0.5) is 0 Å². The van der Waals surface area contributed by atoms with Crippen molar-refractivity contribution in [1.82, 2.24) is 0 Å². The molecule has 0 bridgehead atoms. The minimum absolute atomic E-state index is 0.0209. The topological polar surface area (TPSA) is 71.1 Å². The van der Waals surface area contributed by atoms with Crippen molar-refractivity contribution in [2.45, 2.75) is 24.7 Å². The molecule has 4 rings (SSSR count). The summed E-state index contributed by atoms with van der Waals surface area (Å²) in [5.41, 5.74) is 0.842. The number of carbonyl (C=O) groups excluding carboxylic acids is 2. The van der Waals surface area contributed by atoms with E-state index in [9.17, 15) is 9.59 Å². The van der Waals surface area contributed by atoms with Gasteiger partial charge in [-0.25, -0.2) is 9.59 Å². The molecule has 2 aliphatic heterocycles. The van der Waals surface area contributed by atoms with Gasteiger partial charge in [0.05, 0.1) is 23.8 Å². The van der Waals surface area contributed by atoms with Crippen LogP contribution in [0.3, 0.4) is 0 Å². The zero-order chi connectivity index (χ0) is 17.9. The fraction of sp³-hybridized carbons (Fsp3) is 0.300. The molecule has 2 unspecified atom stereocenters. The van der Waals surface area contributed by atoms with Gasteiger partial charge in [-0.1, -0.05) is 18.2 Å². The highest BCUT2D eigenvalue weighted by atomic mass is 16.6. The molecule has 0 spiro atoms. The van der Waals surface area contributed by atoms with Gasteiger partial charge in [0.1, 0.15) is 11.9 Å². The molecule has 6 heteroatoms. The zero-order valence-corrected chi connectivity index (χ0v) is 14.0. The second kappa shape index (κ2) is 7.27. The summed E-state index contributed by atoms with van der Waals surface area (Å²) >= 11 is 0. The normalized spacial score (nSPS) is 24.1. The SMILES string of the molecule is O=C(Oc1ccc(C(=O)O[C@@H]2COC3CCOC32)cc1)c1ccccc1. The molecule has 0 N–H and O–H groups in total. The van der Waals surface area contributed by atoms with E-state index in [1.54, 1.807) is 48.5 Å². The number of ether oxygens (including phenoxy) is 4. The Morgan fingerprint density at radius 2 is 1.62 bits per heavy atom. The molecule has 2 aromatic rings. The average Bonchev–Trinajstić information content (AvgIpc) is 3.28. The zero-order valence-electron chi connectivity index (χ0n) is 14.0. The first-order valence-corrected chi connectivity index (χ1v) is 8.52.